The van der Waals surface area contributed by atoms with E-state index in [0.29, 0.717) is 11.6 Å². The molecule has 2 aromatic carbocycles. The molecular weight excluding hydrogens is 374 g/mol. The van der Waals surface area contributed by atoms with Crippen molar-refractivity contribution in [1.82, 2.24) is 5.32 Å². The highest BCUT2D eigenvalue weighted by atomic mass is 79.9. The monoisotopic (exact) mass is 389 g/mol. The molecular formula is C19H17BrClNO. The van der Waals surface area contributed by atoms with Crippen molar-refractivity contribution in [2.24, 2.45) is 0 Å². The third kappa shape index (κ3) is 4.47. The second-order valence-electron chi connectivity index (χ2n) is 5.30. The molecule has 23 heavy (non-hydrogen) atoms. The first-order chi connectivity index (χ1) is 11.2. The Balaban J connectivity index is 1.55. The van der Waals surface area contributed by atoms with Crippen molar-refractivity contribution in [1.29, 1.82) is 0 Å². The highest BCUT2D eigenvalue weighted by Gasteiger charge is 2.09. The summed E-state index contributed by atoms with van der Waals surface area (Å²) in [5.41, 5.74) is 2.24. The molecule has 0 spiro atoms. The zero-order valence-corrected chi connectivity index (χ0v) is 14.9. The van der Waals surface area contributed by atoms with E-state index in [1.165, 1.54) is 5.56 Å². The fourth-order valence-corrected chi connectivity index (χ4v) is 3.16. The Morgan fingerprint density at radius 2 is 1.83 bits per heavy atom. The summed E-state index contributed by atoms with van der Waals surface area (Å²) in [6.07, 6.45) is 1.01. The maximum absolute atomic E-state index is 6.26. The van der Waals surface area contributed by atoms with E-state index in [4.69, 9.17) is 16.0 Å². The third-order valence-electron chi connectivity index (χ3n) is 3.59. The van der Waals surface area contributed by atoms with E-state index in [2.05, 4.69) is 45.5 Å². The molecule has 118 valence electrons. The van der Waals surface area contributed by atoms with E-state index in [9.17, 15) is 0 Å². The van der Waals surface area contributed by atoms with E-state index in [1.807, 2.05) is 36.4 Å². The number of hydrogen-bond acceptors (Lipinski definition) is 2. The van der Waals surface area contributed by atoms with Gasteiger partial charge >= 0.3 is 0 Å². The van der Waals surface area contributed by atoms with Gasteiger partial charge in [-0.05, 0) is 48.9 Å². The average Bonchev–Trinajstić information content (AvgIpc) is 3.01. The summed E-state index contributed by atoms with van der Waals surface area (Å²) in [4.78, 5) is 0. The van der Waals surface area contributed by atoms with Crippen LogP contribution in [0, 0.1) is 0 Å². The Labute approximate surface area is 149 Å². The van der Waals surface area contributed by atoms with E-state index in [-0.39, 0.29) is 0 Å². The van der Waals surface area contributed by atoms with E-state index >= 15 is 0 Å². The van der Waals surface area contributed by atoms with Gasteiger partial charge in [0.05, 0.1) is 11.6 Å². The first-order valence-corrected chi connectivity index (χ1v) is 8.68. The van der Waals surface area contributed by atoms with Crippen LogP contribution in [-0.4, -0.2) is 6.54 Å². The number of benzene rings is 2. The van der Waals surface area contributed by atoms with Crippen LogP contribution in [0.1, 0.15) is 11.3 Å². The maximum atomic E-state index is 6.26. The van der Waals surface area contributed by atoms with Gasteiger partial charge in [0, 0.05) is 10.0 Å². The third-order valence-corrected chi connectivity index (χ3v) is 4.40. The first kappa shape index (κ1) is 16.3. The van der Waals surface area contributed by atoms with Crippen LogP contribution in [0.25, 0.3) is 11.3 Å². The molecule has 0 aliphatic rings. The molecule has 0 unspecified atom stereocenters. The Bertz CT molecular complexity index is 770. The molecule has 1 N–H and O–H groups in total. The lowest BCUT2D eigenvalue weighted by Crippen LogP contribution is -2.16. The fourth-order valence-electron chi connectivity index (χ4n) is 2.40. The second kappa shape index (κ2) is 7.82. The lowest BCUT2D eigenvalue weighted by Gasteiger charge is -2.04. The van der Waals surface area contributed by atoms with Gasteiger partial charge in [0.15, 0.2) is 0 Å². The standard InChI is InChI=1S/C19H17BrClNO/c20-15-6-8-17(18(21)12-15)19-9-7-16(23-19)13-22-11-10-14-4-2-1-3-5-14/h1-9,12,22H,10-11,13H2. The summed E-state index contributed by atoms with van der Waals surface area (Å²) in [5.74, 6) is 1.70. The van der Waals surface area contributed by atoms with Crippen molar-refractivity contribution in [2.45, 2.75) is 13.0 Å². The maximum Gasteiger partial charge on any atom is 0.135 e. The van der Waals surface area contributed by atoms with Gasteiger partial charge in [-0.15, -0.1) is 0 Å². The van der Waals surface area contributed by atoms with Gasteiger partial charge in [-0.3, -0.25) is 0 Å². The summed E-state index contributed by atoms with van der Waals surface area (Å²) in [5, 5.41) is 4.08. The molecule has 0 radical (unpaired) electrons. The summed E-state index contributed by atoms with van der Waals surface area (Å²) in [6.45, 7) is 1.63. The van der Waals surface area contributed by atoms with Gasteiger partial charge in [-0.2, -0.15) is 0 Å². The number of halogens is 2. The van der Waals surface area contributed by atoms with Gasteiger partial charge in [-0.25, -0.2) is 0 Å². The van der Waals surface area contributed by atoms with Gasteiger partial charge < -0.3 is 9.73 Å². The van der Waals surface area contributed by atoms with Crippen LogP contribution in [0.2, 0.25) is 5.02 Å². The SMILES string of the molecule is Clc1cc(Br)ccc1-c1ccc(CNCCc2ccccc2)o1. The molecule has 3 aromatic rings. The van der Waals surface area contributed by atoms with E-state index in [1.54, 1.807) is 0 Å². The van der Waals surface area contributed by atoms with Crippen molar-refractivity contribution in [2.75, 3.05) is 6.54 Å². The molecule has 4 heteroatoms. The number of furan rings is 1. The van der Waals surface area contributed by atoms with Crippen LogP contribution < -0.4 is 5.32 Å². The van der Waals surface area contributed by atoms with Crippen molar-refractivity contribution < 1.29 is 4.42 Å². The number of hydrogen-bond donors (Lipinski definition) is 1. The van der Waals surface area contributed by atoms with Crippen LogP contribution in [0.4, 0.5) is 0 Å². The fraction of sp³-hybridized carbons (Fsp3) is 0.158. The quantitative estimate of drug-likeness (QED) is 0.547. The number of rotatable bonds is 6. The molecule has 3 rings (SSSR count). The van der Waals surface area contributed by atoms with Crippen molar-refractivity contribution in [3.63, 3.8) is 0 Å². The molecule has 2 nitrogen and oxygen atoms in total. The highest BCUT2D eigenvalue weighted by molar-refractivity contribution is 9.10. The Morgan fingerprint density at radius 1 is 1.00 bits per heavy atom. The summed E-state index contributed by atoms with van der Waals surface area (Å²) >= 11 is 9.67. The Hall–Kier alpha value is -1.55. The van der Waals surface area contributed by atoms with Crippen molar-refractivity contribution >= 4 is 27.5 Å². The van der Waals surface area contributed by atoms with Crippen LogP contribution in [0.3, 0.4) is 0 Å². The molecule has 0 amide bonds. The normalized spacial score (nSPS) is 10.9. The molecule has 0 saturated carbocycles. The van der Waals surface area contributed by atoms with Crippen molar-refractivity contribution in [3.05, 3.63) is 81.5 Å². The topological polar surface area (TPSA) is 25.2 Å². The average molecular weight is 391 g/mol. The van der Waals surface area contributed by atoms with Gasteiger partial charge in [0.2, 0.25) is 0 Å². The van der Waals surface area contributed by atoms with Crippen LogP contribution in [0.15, 0.2) is 69.6 Å². The van der Waals surface area contributed by atoms with E-state index in [0.717, 1.165) is 34.5 Å². The zero-order chi connectivity index (χ0) is 16.1. The molecule has 0 bridgehead atoms. The molecule has 0 saturated heterocycles. The van der Waals surface area contributed by atoms with Crippen molar-refractivity contribution in [3.8, 4) is 11.3 Å². The zero-order valence-electron chi connectivity index (χ0n) is 12.6. The largest absolute Gasteiger partial charge is 0.460 e. The smallest absolute Gasteiger partial charge is 0.135 e. The highest BCUT2D eigenvalue weighted by Crippen LogP contribution is 2.31. The minimum Gasteiger partial charge on any atom is -0.460 e. The van der Waals surface area contributed by atoms with Crippen LogP contribution in [-0.2, 0) is 13.0 Å². The summed E-state index contributed by atoms with van der Waals surface area (Å²) in [6, 6.07) is 20.2. The Morgan fingerprint density at radius 3 is 2.61 bits per heavy atom. The lowest BCUT2D eigenvalue weighted by atomic mass is 10.1. The summed E-state index contributed by atoms with van der Waals surface area (Å²) < 4.78 is 6.84. The predicted octanol–water partition coefficient (Wildman–Crippen LogP) is 5.69. The molecule has 1 heterocycles. The molecule has 1 aromatic heterocycles. The molecule has 0 atom stereocenters. The van der Waals surface area contributed by atoms with Crippen LogP contribution in [0.5, 0.6) is 0 Å². The van der Waals surface area contributed by atoms with E-state index < -0.39 is 0 Å². The predicted molar refractivity (Wildman–Crippen MR) is 98.7 cm³/mol. The Kier molecular flexibility index (Phi) is 5.55. The molecule has 0 aliphatic heterocycles. The second-order valence-corrected chi connectivity index (χ2v) is 6.63. The minimum absolute atomic E-state index is 0.678. The summed E-state index contributed by atoms with van der Waals surface area (Å²) in [7, 11) is 0. The molecule has 0 aliphatic carbocycles. The molecule has 0 fully saturated rings. The minimum atomic E-state index is 0.678. The number of nitrogens with one attached hydrogen (secondary N) is 1. The van der Waals surface area contributed by atoms with Crippen LogP contribution >= 0.6 is 27.5 Å². The van der Waals surface area contributed by atoms with Gasteiger partial charge in [0.25, 0.3) is 0 Å². The first-order valence-electron chi connectivity index (χ1n) is 7.51. The van der Waals surface area contributed by atoms with Gasteiger partial charge in [0.1, 0.15) is 11.5 Å². The van der Waals surface area contributed by atoms with Gasteiger partial charge in [-0.1, -0.05) is 57.9 Å². The lowest BCUT2D eigenvalue weighted by molar-refractivity contribution is 0.495.